The molecular formula is C14H18N2S. The molecule has 2 nitrogen and oxygen atoms in total. The predicted molar refractivity (Wildman–Crippen MR) is 73.7 cm³/mol. The quantitative estimate of drug-likeness (QED) is 0.876. The number of nitrogens with zero attached hydrogens (tertiary/aromatic N) is 1. The first-order chi connectivity index (χ1) is 8.36. The molecule has 1 N–H and O–H groups in total. The van der Waals surface area contributed by atoms with Crippen LogP contribution in [0.1, 0.15) is 36.6 Å². The highest BCUT2D eigenvalue weighted by Gasteiger charge is 2.23. The maximum absolute atomic E-state index is 4.79. The summed E-state index contributed by atoms with van der Waals surface area (Å²) in [5.74, 6) is 0.692. The van der Waals surface area contributed by atoms with Gasteiger partial charge >= 0.3 is 0 Å². The first kappa shape index (κ1) is 11.2. The van der Waals surface area contributed by atoms with E-state index in [1.165, 1.54) is 40.9 Å². The molecule has 90 valence electrons. The largest absolute Gasteiger partial charge is 0.317 e. The molecule has 3 rings (SSSR count). The number of aromatic nitrogens is 1. The molecule has 2 aromatic rings. The third-order valence-corrected chi connectivity index (χ3v) is 4.99. The summed E-state index contributed by atoms with van der Waals surface area (Å²) in [5, 5.41) is 4.73. The molecule has 0 radical (unpaired) electrons. The Balaban J connectivity index is 1.80. The van der Waals surface area contributed by atoms with Crippen LogP contribution in [-0.2, 0) is 0 Å². The van der Waals surface area contributed by atoms with Gasteiger partial charge in [0, 0.05) is 12.0 Å². The molecule has 3 heteroatoms. The number of thiazole rings is 1. The molecule has 1 aliphatic carbocycles. The van der Waals surface area contributed by atoms with E-state index < -0.39 is 0 Å². The van der Waals surface area contributed by atoms with Crippen LogP contribution in [0.3, 0.4) is 0 Å². The van der Waals surface area contributed by atoms with Crippen molar-refractivity contribution >= 4 is 21.6 Å². The van der Waals surface area contributed by atoms with Crippen LogP contribution in [0, 0.1) is 0 Å². The summed E-state index contributed by atoms with van der Waals surface area (Å²) in [6.07, 6.45) is 5.14. The molecule has 1 aliphatic rings. The minimum atomic E-state index is 0.692. The molecule has 0 saturated heterocycles. The van der Waals surface area contributed by atoms with Crippen LogP contribution in [0.2, 0.25) is 0 Å². The van der Waals surface area contributed by atoms with Gasteiger partial charge in [0.05, 0.1) is 15.2 Å². The highest BCUT2D eigenvalue weighted by molar-refractivity contribution is 7.18. The van der Waals surface area contributed by atoms with Crippen molar-refractivity contribution in [1.29, 1.82) is 0 Å². The summed E-state index contributed by atoms with van der Waals surface area (Å²) < 4.78 is 1.33. The minimum absolute atomic E-state index is 0.692. The number of hydrogen-bond acceptors (Lipinski definition) is 3. The molecule has 0 aliphatic heterocycles. The SMILES string of the molecule is CNC1CCC(c2nc3ccccc3s2)CC1. The van der Waals surface area contributed by atoms with Crippen molar-refractivity contribution in [2.45, 2.75) is 37.6 Å². The van der Waals surface area contributed by atoms with Crippen molar-refractivity contribution in [3.05, 3.63) is 29.3 Å². The second kappa shape index (κ2) is 4.75. The number of hydrogen-bond donors (Lipinski definition) is 1. The highest BCUT2D eigenvalue weighted by atomic mass is 32.1. The van der Waals surface area contributed by atoms with Gasteiger partial charge in [-0.3, -0.25) is 0 Å². The van der Waals surface area contributed by atoms with Crippen molar-refractivity contribution in [1.82, 2.24) is 10.3 Å². The lowest BCUT2D eigenvalue weighted by atomic mass is 9.86. The Morgan fingerprint density at radius 3 is 2.65 bits per heavy atom. The number of benzene rings is 1. The Bertz CT molecular complexity index is 465. The second-order valence-corrected chi connectivity index (χ2v) is 5.92. The molecule has 1 aromatic heterocycles. The fourth-order valence-corrected chi connectivity index (χ4v) is 3.83. The Hall–Kier alpha value is -0.930. The Labute approximate surface area is 106 Å². The van der Waals surface area contributed by atoms with E-state index in [0.29, 0.717) is 5.92 Å². The molecule has 1 fully saturated rings. The molecule has 0 atom stereocenters. The van der Waals surface area contributed by atoms with Crippen LogP contribution < -0.4 is 5.32 Å². The van der Waals surface area contributed by atoms with Crippen molar-refractivity contribution in [3.63, 3.8) is 0 Å². The first-order valence-corrected chi connectivity index (χ1v) is 7.21. The maximum atomic E-state index is 4.79. The summed E-state index contributed by atoms with van der Waals surface area (Å²) in [6, 6.07) is 9.19. The van der Waals surface area contributed by atoms with Crippen LogP contribution in [0.4, 0.5) is 0 Å². The molecule has 0 bridgehead atoms. The molecule has 1 heterocycles. The smallest absolute Gasteiger partial charge is 0.0969 e. The molecule has 1 aromatic carbocycles. The van der Waals surface area contributed by atoms with E-state index in [1.807, 2.05) is 11.3 Å². The van der Waals surface area contributed by atoms with Crippen molar-refractivity contribution in [3.8, 4) is 0 Å². The molecule has 17 heavy (non-hydrogen) atoms. The molecule has 1 saturated carbocycles. The van der Waals surface area contributed by atoms with Gasteiger partial charge in [-0.05, 0) is 44.9 Å². The average Bonchev–Trinajstić information content (AvgIpc) is 2.82. The predicted octanol–water partition coefficient (Wildman–Crippen LogP) is 3.54. The fourth-order valence-electron chi connectivity index (χ4n) is 2.69. The Kier molecular flexibility index (Phi) is 3.12. The maximum Gasteiger partial charge on any atom is 0.0969 e. The zero-order valence-electron chi connectivity index (χ0n) is 10.1. The summed E-state index contributed by atoms with van der Waals surface area (Å²) in [6.45, 7) is 0. The van der Waals surface area contributed by atoms with Gasteiger partial charge in [-0.1, -0.05) is 12.1 Å². The van der Waals surface area contributed by atoms with Gasteiger partial charge in [-0.2, -0.15) is 0 Å². The zero-order chi connectivity index (χ0) is 11.7. The van der Waals surface area contributed by atoms with Gasteiger partial charge in [0.1, 0.15) is 0 Å². The summed E-state index contributed by atoms with van der Waals surface area (Å²) in [4.78, 5) is 4.79. The third-order valence-electron chi connectivity index (χ3n) is 3.80. The van der Waals surface area contributed by atoms with E-state index in [-0.39, 0.29) is 0 Å². The van der Waals surface area contributed by atoms with Gasteiger partial charge in [0.15, 0.2) is 0 Å². The van der Waals surface area contributed by atoms with E-state index in [0.717, 1.165) is 6.04 Å². The van der Waals surface area contributed by atoms with Gasteiger partial charge in [-0.25, -0.2) is 4.98 Å². The Morgan fingerprint density at radius 2 is 1.94 bits per heavy atom. The monoisotopic (exact) mass is 246 g/mol. The van der Waals surface area contributed by atoms with Crippen LogP contribution in [0.25, 0.3) is 10.2 Å². The van der Waals surface area contributed by atoms with Gasteiger partial charge in [-0.15, -0.1) is 11.3 Å². The third kappa shape index (κ3) is 2.22. The van der Waals surface area contributed by atoms with E-state index >= 15 is 0 Å². The standard InChI is InChI=1S/C14H18N2S/c1-15-11-8-6-10(7-9-11)14-16-12-4-2-3-5-13(12)17-14/h2-5,10-11,15H,6-9H2,1H3. The number of nitrogens with one attached hydrogen (secondary N) is 1. The van der Waals surface area contributed by atoms with Crippen molar-refractivity contribution in [2.75, 3.05) is 7.05 Å². The fraction of sp³-hybridized carbons (Fsp3) is 0.500. The lowest BCUT2D eigenvalue weighted by Gasteiger charge is -2.26. The minimum Gasteiger partial charge on any atom is -0.317 e. The van der Waals surface area contributed by atoms with E-state index in [4.69, 9.17) is 4.98 Å². The normalized spacial score (nSPS) is 25.2. The van der Waals surface area contributed by atoms with E-state index in [1.54, 1.807) is 0 Å². The summed E-state index contributed by atoms with van der Waals surface area (Å²) >= 11 is 1.88. The number of fused-ring (bicyclic) bond motifs is 1. The van der Waals surface area contributed by atoms with Gasteiger partial charge in [0.25, 0.3) is 0 Å². The van der Waals surface area contributed by atoms with Gasteiger partial charge < -0.3 is 5.32 Å². The van der Waals surface area contributed by atoms with Crippen LogP contribution in [-0.4, -0.2) is 18.1 Å². The molecule has 0 amide bonds. The van der Waals surface area contributed by atoms with Crippen molar-refractivity contribution < 1.29 is 0 Å². The lowest BCUT2D eigenvalue weighted by Crippen LogP contribution is -2.29. The van der Waals surface area contributed by atoms with Gasteiger partial charge in [0.2, 0.25) is 0 Å². The van der Waals surface area contributed by atoms with Crippen LogP contribution in [0.15, 0.2) is 24.3 Å². The molecule has 0 unspecified atom stereocenters. The lowest BCUT2D eigenvalue weighted by molar-refractivity contribution is 0.358. The van der Waals surface area contributed by atoms with Crippen LogP contribution >= 0.6 is 11.3 Å². The molecule has 0 spiro atoms. The van der Waals surface area contributed by atoms with E-state index in [2.05, 4.69) is 36.6 Å². The van der Waals surface area contributed by atoms with Crippen molar-refractivity contribution in [2.24, 2.45) is 0 Å². The average molecular weight is 246 g/mol. The molecular weight excluding hydrogens is 228 g/mol. The van der Waals surface area contributed by atoms with Crippen LogP contribution in [0.5, 0.6) is 0 Å². The second-order valence-electron chi connectivity index (χ2n) is 4.86. The Morgan fingerprint density at radius 1 is 1.18 bits per heavy atom. The first-order valence-electron chi connectivity index (χ1n) is 6.39. The summed E-state index contributed by atoms with van der Waals surface area (Å²) in [5.41, 5.74) is 1.17. The summed E-state index contributed by atoms with van der Waals surface area (Å²) in [7, 11) is 2.07. The highest BCUT2D eigenvalue weighted by Crippen LogP contribution is 2.36. The number of para-hydroxylation sites is 1. The number of rotatable bonds is 2. The topological polar surface area (TPSA) is 24.9 Å². The van der Waals surface area contributed by atoms with E-state index in [9.17, 15) is 0 Å². The zero-order valence-corrected chi connectivity index (χ0v) is 11.0.